The summed E-state index contributed by atoms with van der Waals surface area (Å²) in [5.41, 5.74) is 0.370. The highest BCUT2D eigenvalue weighted by Crippen LogP contribution is 2.47. The molecular weight excluding hydrogens is 328 g/mol. The van der Waals surface area contributed by atoms with Crippen molar-refractivity contribution in [2.45, 2.75) is 19.3 Å². The van der Waals surface area contributed by atoms with Gasteiger partial charge in [0, 0.05) is 17.5 Å². The number of hydrogen-bond donors (Lipinski definition) is 0. The molecule has 25 heavy (non-hydrogen) atoms. The number of esters is 1. The van der Waals surface area contributed by atoms with Crippen LogP contribution in [0.15, 0.2) is 27.4 Å². The molecule has 0 amide bonds. The molecule has 0 radical (unpaired) electrons. The minimum atomic E-state index is -0.567. The molecule has 1 aromatic carbocycles. The van der Waals surface area contributed by atoms with E-state index in [4.69, 9.17) is 23.4 Å². The highest BCUT2D eigenvalue weighted by molar-refractivity contribution is 5.78. The van der Waals surface area contributed by atoms with Gasteiger partial charge in [-0.05, 0) is 13.0 Å². The Bertz CT molecular complexity index is 882. The van der Waals surface area contributed by atoms with Crippen LogP contribution in [0.2, 0.25) is 0 Å². The molecule has 0 spiro atoms. The van der Waals surface area contributed by atoms with Gasteiger partial charge in [0.2, 0.25) is 5.75 Å². The quantitative estimate of drug-likeness (QED) is 0.786. The fraction of sp³-hybridized carbons (Fsp3) is 0.333. The zero-order chi connectivity index (χ0) is 18.1. The maximum absolute atomic E-state index is 12.4. The molecule has 1 atom stereocenters. The molecule has 1 aromatic heterocycles. The zero-order valence-corrected chi connectivity index (χ0v) is 14.4. The molecule has 2 aromatic rings. The van der Waals surface area contributed by atoms with E-state index in [1.807, 2.05) is 0 Å². The predicted molar refractivity (Wildman–Crippen MR) is 87.9 cm³/mol. The van der Waals surface area contributed by atoms with E-state index in [9.17, 15) is 9.59 Å². The minimum absolute atomic E-state index is 0.00728. The van der Waals surface area contributed by atoms with Gasteiger partial charge in [0.15, 0.2) is 11.5 Å². The van der Waals surface area contributed by atoms with Crippen LogP contribution in [0.5, 0.6) is 23.0 Å². The van der Waals surface area contributed by atoms with E-state index in [0.29, 0.717) is 28.6 Å². The van der Waals surface area contributed by atoms with E-state index >= 15 is 0 Å². The van der Waals surface area contributed by atoms with Gasteiger partial charge < -0.3 is 23.4 Å². The number of fused-ring (bicyclic) bond motifs is 1. The van der Waals surface area contributed by atoms with Gasteiger partial charge in [-0.2, -0.15) is 0 Å². The van der Waals surface area contributed by atoms with Gasteiger partial charge in [0.25, 0.3) is 0 Å². The molecule has 0 fully saturated rings. The summed E-state index contributed by atoms with van der Waals surface area (Å²) in [5.74, 6) is 0.857. The normalized spacial score (nSPS) is 16.0. The molecule has 1 unspecified atom stereocenters. The van der Waals surface area contributed by atoms with Crippen molar-refractivity contribution in [2.24, 2.45) is 0 Å². The van der Waals surface area contributed by atoms with Crippen molar-refractivity contribution < 1.29 is 28.2 Å². The molecule has 7 heteroatoms. The first kappa shape index (κ1) is 16.9. The van der Waals surface area contributed by atoms with Gasteiger partial charge in [0.05, 0.1) is 33.3 Å². The van der Waals surface area contributed by atoms with Crippen LogP contribution in [0.1, 0.15) is 29.2 Å². The summed E-state index contributed by atoms with van der Waals surface area (Å²) in [5, 5.41) is 0. The van der Waals surface area contributed by atoms with Crippen molar-refractivity contribution in [1.82, 2.24) is 0 Å². The van der Waals surface area contributed by atoms with E-state index in [-0.39, 0.29) is 17.7 Å². The lowest BCUT2D eigenvalue weighted by atomic mass is 9.86. The summed E-state index contributed by atoms with van der Waals surface area (Å²) < 4.78 is 26.6. The summed E-state index contributed by atoms with van der Waals surface area (Å²) in [6.45, 7) is 1.62. The topological polar surface area (TPSA) is 84.2 Å². The Hall–Kier alpha value is -2.96. The van der Waals surface area contributed by atoms with Crippen molar-refractivity contribution in [3.63, 3.8) is 0 Å². The monoisotopic (exact) mass is 346 g/mol. The van der Waals surface area contributed by atoms with Crippen molar-refractivity contribution in [3.05, 3.63) is 45.5 Å². The molecular formula is C18H18O7. The van der Waals surface area contributed by atoms with Crippen LogP contribution in [-0.4, -0.2) is 27.3 Å². The molecule has 0 saturated heterocycles. The Morgan fingerprint density at radius 2 is 1.76 bits per heavy atom. The van der Waals surface area contributed by atoms with E-state index in [1.165, 1.54) is 27.4 Å². The highest BCUT2D eigenvalue weighted by atomic mass is 16.5. The number of benzene rings is 1. The Morgan fingerprint density at radius 1 is 1.04 bits per heavy atom. The van der Waals surface area contributed by atoms with Crippen LogP contribution in [0.4, 0.5) is 0 Å². The molecule has 1 aliphatic heterocycles. The third-order valence-corrected chi connectivity index (χ3v) is 4.13. The Balaban J connectivity index is 2.25. The average molecular weight is 346 g/mol. The van der Waals surface area contributed by atoms with E-state index in [0.717, 1.165) is 0 Å². The third kappa shape index (κ3) is 2.82. The fourth-order valence-corrected chi connectivity index (χ4v) is 3.09. The molecule has 0 saturated carbocycles. The van der Waals surface area contributed by atoms with Crippen LogP contribution in [0.3, 0.4) is 0 Å². The SMILES string of the molecule is COc1ccc(C2CC(=O)Oc3cc(C)oc(=O)c32)c(OC)c1OC. The number of aryl methyl sites for hydroxylation is 1. The summed E-state index contributed by atoms with van der Waals surface area (Å²) in [6, 6.07) is 4.98. The van der Waals surface area contributed by atoms with E-state index in [1.54, 1.807) is 19.1 Å². The van der Waals surface area contributed by atoms with Crippen LogP contribution < -0.4 is 24.6 Å². The predicted octanol–water partition coefficient (Wildman–Crippen LogP) is 2.42. The number of hydrogen-bond acceptors (Lipinski definition) is 7. The van der Waals surface area contributed by atoms with Crippen molar-refractivity contribution in [2.75, 3.05) is 21.3 Å². The maximum atomic E-state index is 12.4. The maximum Gasteiger partial charge on any atom is 0.343 e. The first-order valence-electron chi connectivity index (χ1n) is 7.64. The number of ether oxygens (including phenoxy) is 4. The number of methoxy groups -OCH3 is 3. The summed E-state index contributed by atoms with van der Waals surface area (Å²) in [4.78, 5) is 24.5. The minimum Gasteiger partial charge on any atom is -0.493 e. The Morgan fingerprint density at radius 3 is 2.40 bits per heavy atom. The molecule has 2 heterocycles. The van der Waals surface area contributed by atoms with Gasteiger partial charge in [-0.3, -0.25) is 4.79 Å². The van der Waals surface area contributed by atoms with Crippen molar-refractivity contribution >= 4 is 5.97 Å². The number of rotatable bonds is 4. The largest absolute Gasteiger partial charge is 0.493 e. The van der Waals surface area contributed by atoms with E-state index in [2.05, 4.69) is 0 Å². The Labute approximate surface area is 144 Å². The number of carbonyl (C=O) groups is 1. The van der Waals surface area contributed by atoms with Crippen molar-refractivity contribution in [3.8, 4) is 23.0 Å². The molecule has 3 rings (SSSR count). The average Bonchev–Trinajstić information content (AvgIpc) is 2.58. The summed E-state index contributed by atoms with van der Waals surface area (Å²) in [6.07, 6.45) is -0.00728. The van der Waals surface area contributed by atoms with Gasteiger partial charge in [-0.25, -0.2) is 4.79 Å². The zero-order valence-electron chi connectivity index (χ0n) is 14.4. The lowest BCUT2D eigenvalue weighted by Crippen LogP contribution is -2.27. The second-order valence-corrected chi connectivity index (χ2v) is 5.58. The third-order valence-electron chi connectivity index (χ3n) is 4.13. The summed E-state index contributed by atoms with van der Waals surface area (Å²) in [7, 11) is 4.49. The van der Waals surface area contributed by atoms with Gasteiger partial charge in [-0.15, -0.1) is 0 Å². The lowest BCUT2D eigenvalue weighted by molar-refractivity contribution is -0.135. The van der Waals surface area contributed by atoms with Gasteiger partial charge in [-0.1, -0.05) is 6.07 Å². The van der Waals surface area contributed by atoms with Gasteiger partial charge >= 0.3 is 11.6 Å². The smallest absolute Gasteiger partial charge is 0.343 e. The first-order chi connectivity index (χ1) is 12.0. The second kappa shape index (κ2) is 6.51. The van der Waals surface area contributed by atoms with Crippen LogP contribution in [-0.2, 0) is 4.79 Å². The Kier molecular flexibility index (Phi) is 4.39. The summed E-state index contributed by atoms with van der Waals surface area (Å²) >= 11 is 0. The second-order valence-electron chi connectivity index (χ2n) is 5.58. The molecule has 1 aliphatic rings. The van der Waals surface area contributed by atoms with Crippen LogP contribution in [0.25, 0.3) is 0 Å². The van der Waals surface area contributed by atoms with Crippen LogP contribution in [0, 0.1) is 6.92 Å². The standard InChI is InChI=1S/C18H18O7/c1-9-7-13-15(18(20)24-9)11(8-14(19)25-13)10-5-6-12(21-2)17(23-4)16(10)22-3/h5-7,11H,8H2,1-4H3. The highest BCUT2D eigenvalue weighted by Gasteiger charge is 2.35. The molecule has 132 valence electrons. The first-order valence-corrected chi connectivity index (χ1v) is 7.64. The molecule has 0 bridgehead atoms. The van der Waals surface area contributed by atoms with Gasteiger partial charge in [0.1, 0.15) is 11.5 Å². The number of carbonyl (C=O) groups excluding carboxylic acids is 1. The molecule has 0 aliphatic carbocycles. The molecule has 7 nitrogen and oxygen atoms in total. The lowest BCUT2D eigenvalue weighted by Gasteiger charge is -2.26. The van der Waals surface area contributed by atoms with Crippen molar-refractivity contribution in [1.29, 1.82) is 0 Å². The van der Waals surface area contributed by atoms with Crippen LogP contribution >= 0.6 is 0 Å². The van der Waals surface area contributed by atoms with E-state index < -0.39 is 17.5 Å². The molecule has 0 N–H and O–H groups in total. The fourth-order valence-electron chi connectivity index (χ4n) is 3.09.